The Bertz CT molecular complexity index is 738. The Morgan fingerprint density at radius 1 is 1.12 bits per heavy atom. The first-order valence-corrected chi connectivity index (χ1v) is 10.6. The van der Waals surface area contributed by atoms with Crippen molar-refractivity contribution in [2.45, 2.75) is 31.2 Å². The maximum Gasteiger partial charge on any atom is 0.251 e. The average Bonchev–Trinajstić information content (AvgIpc) is 2.68. The van der Waals surface area contributed by atoms with Crippen molar-refractivity contribution in [3.63, 3.8) is 0 Å². The molecule has 1 saturated heterocycles. The lowest BCUT2D eigenvalue weighted by molar-refractivity contribution is 0.0934. The van der Waals surface area contributed by atoms with Gasteiger partial charge in [0, 0.05) is 23.5 Å². The number of carbonyl (C=O) groups is 1. The molecule has 3 nitrogen and oxygen atoms in total. The van der Waals surface area contributed by atoms with E-state index in [9.17, 15) is 4.79 Å². The number of benzene rings is 2. The lowest BCUT2D eigenvalue weighted by Gasteiger charge is -2.32. The summed E-state index contributed by atoms with van der Waals surface area (Å²) < 4.78 is 0. The van der Waals surface area contributed by atoms with Crippen LogP contribution in [-0.2, 0) is 6.54 Å². The van der Waals surface area contributed by atoms with Gasteiger partial charge in [0.25, 0.3) is 5.91 Å². The molecule has 138 valence electrons. The molecule has 0 aliphatic carbocycles. The highest BCUT2D eigenvalue weighted by Gasteiger charge is 2.20. The summed E-state index contributed by atoms with van der Waals surface area (Å²) in [6, 6.07) is 16.5. The Hall–Kier alpha value is -1.78. The molecule has 2 aromatic carbocycles. The fraction of sp³-hybridized carbons (Fsp3) is 0.409. The highest BCUT2D eigenvalue weighted by molar-refractivity contribution is 7.98. The second kappa shape index (κ2) is 9.24. The summed E-state index contributed by atoms with van der Waals surface area (Å²) in [6.45, 7) is 6.00. The second-order valence-electron chi connectivity index (χ2n) is 7.06. The smallest absolute Gasteiger partial charge is 0.251 e. The molecule has 1 heterocycles. The van der Waals surface area contributed by atoms with E-state index in [2.05, 4.69) is 40.7 Å². The molecule has 1 N–H and O–H groups in total. The summed E-state index contributed by atoms with van der Waals surface area (Å²) in [5.74, 6) is 0.634. The number of rotatable bonds is 6. The van der Waals surface area contributed by atoms with Crippen molar-refractivity contribution in [3.8, 4) is 0 Å². The number of nitrogens with one attached hydrogen (secondary N) is 1. The molecular formula is C22H28N2OS. The summed E-state index contributed by atoms with van der Waals surface area (Å²) in [5, 5.41) is 3.13. The topological polar surface area (TPSA) is 32.3 Å². The first-order chi connectivity index (χ1) is 12.7. The molecule has 1 aliphatic heterocycles. The summed E-state index contributed by atoms with van der Waals surface area (Å²) in [5.41, 5.74) is 3.25. The van der Waals surface area contributed by atoms with Gasteiger partial charge in [-0.1, -0.05) is 36.4 Å². The van der Waals surface area contributed by atoms with Crippen molar-refractivity contribution in [2.24, 2.45) is 5.92 Å². The molecule has 2 aromatic rings. The zero-order valence-corrected chi connectivity index (χ0v) is 16.5. The molecule has 1 amide bonds. The molecule has 1 fully saturated rings. The van der Waals surface area contributed by atoms with E-state index in [1.165, 1.54) is 10.5 Å². The first-order valence-electron chi connectivity index (χ1n) is 9.35. The Kier molecular flexibility index (Phi) is 6.75. The van der Waals surface area contributed by atoms with Gasteiger partial charge in [-0.05, 0) is 68.3 Å². The average molecular weight is 369 g/mol. The van der Waals surface area contributed by atoms with E-state index in [1.807, 2.05) is 43.0 Å². The van der Waals surface area contributed by atoms with E-state index in [0.29, 0.717) is 5.92 Å². The van der Waals surface area contributed by atoms with Crippen LogP contribution in [0.4, 0.5) is 0 Å². The van der Waals surface area contributed by atoms with Crippen molar-refractivity contribution in [3.05, 3.63) is 65.2 Å². The number of hydrogen-bond acceptors (Lipinski definition) is 3. The zero-order chi connectivity index (χ0) is 18.4. The van der Waals surface area contributed by atoms with E-state index in [-0.39, 0.29) is 5.91 Å². The van der Waals surface area contributed by atoms with Crippen LogP contribution in [0.15, 0.2) is 53.4 Å². The third-order valence-electron chi connectivity index (χ3n) is 5.23. The molecule has 26 heavy (non-hydrogen) atoms. The van der Waals surface area contributed by atoms with Crippen molar-refractivity contribution < 1.29 is 4.79 Å². The minimum Gasteiger partial charge on any atom is -0.352 e. The number of likely N-dealkylation sites (tertiary alicyclic amines) is 1. The third-order valence-corrected chi connectivity index (χ3v) is 6.07. The van der Waals surface area contributed by atoms with Crippen LogP contribution in [-0.4, -0.2) is 36.7 Å². The van der Waals surface area contributed by atoms with Crippen LogP contribution in [0.5, 0.6) is 0 Å². The van der Waals surface area contributed by atoms with E-state index in [1.54, 1.807) is 0 Å². The van der Waals surface area contributed by atoms with Crippen molar-refractivity contribution in [2.75, 3.05) is 25.9 Å². The fourth-order valence-electron chi connectivity index (χ4n) is 3.58. The number of aryl methyl sites for hydroxylation is 1. The highest BCUT2D eigenvalue weighted by Crippen LogP contribution is 2.24. The van der Waals surface area contributed by atoms with Gasteiger partial charge in [0.2, 0.25) is 0 Å². The van der Waals surface area contributed by atoms with Gasteiger partial charge < -0.3 is 5.32 Å². The lowest BCUT2D eigenvalue weighted by atomic mass is 9.96. The van der Waals surface area contributed by atoms with Crippen LogP contribution >= 0.6 is 11.8 Å². The number of amides is 1. The quantitative estimate of drug-likeness (QED) is 0.769. The molecule has 4 heteroatoms. The molecule has 3 rings (SSSR count). The van der Waals surface area contributed by atoms with Crippen molar-refractivity contribution >= 4 is 17.7 Å². The van der Waals surface area contributed by atoms with Gasteiger partial charge in [-0.15, -0.1) is 11.8 Å². The van der Waals surface area contributed by atoms with E-state index in [4.69, 9.17) is 0 Å². The van der Waals surface area contributed by atoms with Gasteiger partial charge >= 0.3 is 0 Å². The summed E-state index contributed by atoms with van der Waals surface area (Å²) >= 11 is 1.82. The van der Waals surface area contributed by atoms with Crippen molar-refractivity contribution in [1.82, 2.24) is 10.2 Å². The largest absolute Gasteiger partial charge is 0.352 e. The number of carbonyl (C=O) groups excluding carboxylic acids is 1. The predicted octanol–water partition coefficient (Wildman–Crippen LogP) is 4.36. The Morgan fingerprint density at radius 2 is 1.81 bits per heavy atom. The first kappa shape index (κ1) is 19.0. The summed E-state index contributed by atoms with van der Waals surface area (Å²) in [6.07, 6.45) is 4.44. The van der Waals surface area contributed by atoms with Gasteiger partial charge in [-0.2, -0.15) is 0 Å². The maximum atomic E-state index is 12.4. The van der Waals surface area contributed by atoms with Crippen molar-refractivity contribution in [1.29, 1.82) is 0 Å². The van der Waals surface area contributed by atoms with E-state index >= 15 is 0 Å². The van der Waals surface area contributed by atoms with Crippen LogP contribution in [0.2, 0.25) is 0 Å². The third kappa shape index (κ3) is 4.89. The molecule has 0 saturated carbocycles. The molecule has 0 atom stereocenters. The molecule has 0 bridgehead atoms. The second-order valence-corrected chi connectivity index (χ2v) is 7.90. The predicted molar refractivity (Wildman–Crippen MR) is 110 cm³/mol. The van der Waals surface area contributed by atoms with Crippen LogP contribution < -0.4 is 5.32 Å². The molecular weight excluding hydrogens is 340 g/mol. The Balaban J connectivity index is 1.45. The SMILES string of the molecule is CSc1ccccc1CN1CCC(CNC(=O)c2ccccc2C)CC1. The van der Waals surface area contributed by atoms with E-state index in [0.717, 1.165) is 50.1 Å². The summed E-state index contributed by atoms with van der Waals surface area (Å²) in [7, 11) is 0. The minimum absolute atomic E-state index is 0.0550. The van der Waals surface area contributed by atoms with Gasteiger partial charge in [0.05, 0.1) is 0 Å². The molecule has 0 radical (unpaired) electrons. The van der Waals surface area contributed by atoms with Crippen LogP contribution in [0.25, 0.3) is 0 Å². The number of hydrogen-bond donors (Lipinski definition) is 1. The normalized spacial score (nSPS) is 15.8. The molecule has 0 aromatic heterocycles. The van der Waals surface area contributed by atoms with Crippen LogP contribution in [0.3, 0.4) is 0 Å². The van der Waals surface area contributed by atoms with E-state index < -0.39 is 0 Å². The number of thioether (sulfide) groups is 1. The van der Waals surface area contributed by atoms with Crippen LogP contribution in [0, 0.1) is 12.8 Å². The van der Waals surface area contributed by atoms with Gasteiger partial charge in [-0.3, -0.25) is 9.69 Å². The maximum absolute atomic E-state index is 12.4. The summed E-state index contributed by atoms with van der Waals surface area (Å²) in [4.78, 5) is 16.3. The zero-order valence-electron chi connectivity index (χ0n) is 15.7. The Labute approximate surface area is 161 Å². The minimum atomic E-state index is 0.0550. The standard InChI is InChI=1S/C22H28N2OS/c1-17-7-3-5-9-20(17)22(25)23-15-18-11-13-24(14-12-18)16-19-8-4-6-10-21(19)26-2/h3-10,18H,11-16H2,1-2H3,(H,23,25). The number of nitrogens with zero attached hydrogens (tertiary/aromatic N) is 1. The molecule has 0 unspecified atom stereocenters. The van der Waals surface area contributed by atoms with Crippen LogP contribution in [0.1, 0.15) is 34.3 Å². The fourth-order valence-corrected chi connectivity index (χ4v) is 4.19. The number of piperidine rings is 1. The lowest BCUT2D eigenvalue weighted by Crippen LogP contribution is -2.38. The monoisotopic (exact) mass is 368 g/mol. The molecule has 0 spiro atoms. The van der Waals surface area contributed by atoms with Gasteiger partial charge in [-0.25, -0.2) is 0 Å². The van der Waals surface area contributed by atoms with Gasteiger partial charge in [0.1, 0.15) is 0 Å². The molecule has 1 aliphatic rings. The van der Waals surface area contributed by atoms with Gasteiger partial charge in [0.15, 0.2) is 0 Å². The highest BCUT2D eigenvalue weighted by atomic mass is 32.2. The Morgan fingerprint density at radius 3 is 2.54 bits per heavy atom.